The van der Waals surface area contributed by atoms with Gasteiger partial charge in [-0.3, -0.25) is 9.59 Å². The van der Waals surface area contributed by atoms with E-state index in [1.54, 1.807) is 18.9 Å². The lowest BCUT2D eigenvalue weighted by Gasteiger charge is -2.17. The van der Waals surface area contributed by atoms with Crippen molar-refractivity contribution < 1.29 is 19.1 Å². The zero-order valence-corrected chi connectivity index (χ0v) is 13.9. The predicted octanol–water partition coefficient (Wildman–Crippen LogP) is 3.25. The summed E-state index contributed by atoms with van der Waals surface area (Å²) in [5.74, 6) is -1.08. The summed E-state index contributed by atoms with van der Waals surface area (Å²) in [6, 6.07) is 7.67. The second kappa shape index (κ2) is 6.79. The number of halogens is 1. The van der Waals surface area contributed by atoms with Crippen LogP contribution >= 0.6 is 15.9 Å². The molecule has 0 bridgehead atoms. The molecule has 0 radical (unpaired) electrons. The topological polar surface area (TPSA) is 70.7 Å². The molecule has 1 N–H and O–H groups in total. The van der Waals surface area contributed by atoms with Gasteiger partial charge in [0.2, 0.25) is 0 Å². The van der Waals surface area contributed by atoms with Crippen LogP contribution in [0.3, 0.4) is 0 Å². The van der Waals surface area contributed by atoms with Gasteiger partial charge < -0.3 is 14.4 Å². The Morgan fingerprint density at radius 2 is 1.91 bits per heavy atom. The molecule has 5 nitrogen and oxygen atoms in total. The normalized spacial score (nSPS) is 10.5. The Labute approximate surface area is 136 Å². The van der Waals surface area contributed by atoms with Crippen molar-refractivity contribution in [3.8, 4) is 0 Å². The fourth-order valence-corrected chi connectivity index (χ4v) is 2.44. The van der Waals surface area contributed by atoms with E-state index in [4.69, 9.17) is 9.52 Å². The maximum absolute atomic E-state index is 12.6. The molecule has 0 saturated heterocycles. The van der Waals surface area contributed by atoms with Gasteiger partial charge in [-0.1, -0.05) is 28.1 Å². The van der Waals surface area contributed by atoms with E-state index in [9.17, 15) is 9.59 Å². The van der Waals surface area contributed by atoms with E-state index in [1.165, 1.54) is 6.26 Å². The van der Waals surface area contributed by atoms with Gasteiger partial charge in [-0.15, -0.1) is 0 Å². The molecule has 22 heavy (non-hydrogen) atoms. The minimum atomic E-state index is -1.03. The van der Waals surface area contributed by atoms with Crippen LogP contribution in [0.2, 0.25) is 0 Å². The Hall–Kier alpha value is -2.08. The Bertz CT molecular complexity index is 691. The fraction of sp³-hybridized carbons (Fsp3) is 0.250. The van der Waals surface area contributed by atoms with Crippen molar-refractivity contribution in [3.05, 3.63) is 57.5 Å². The van der Waals surface area contributed by atoms with Crippen LogP contribution in [0, 0.1) is 6.92 Å². The van der Waals surface area contributed by atoms with E-state index in [0.717, 1.165) is 10.0 Å². The van der Waals surface area contributed by atoms with Gasteiger partial charge in [-0.2, -0.15) is 0 Å². The molecule has 0 fully saturated rings. The summed E-state index contributed by atoms with van der Waals surface area (Å²) in [6.45, 7) is 2.17. The molecule has 1 heterocycles. The fourth-order valence-electron chi connectivity index (χ4n) is 2.18. The third-order valence-corrected chi connectivity index (χ3v) is 3.79. The summed E-state index contributed by atoms with van der Waals surface area (Å²) >= 11 is 3.37. The average molecular weight is 366 g/mol. The first-order valence-electron chi connectivity index (χ1n) is 6.67. The summed E-state index contributed by atoms with van der Waals surface area (Å²) in [4.78, 5) is 25.0. The Balaban J connectivity index is 2.18. The quantitative estimate of drug-likeness (QED) is 0.882. The van der Waals surface area contributed by atoms with Gasteiger partial charge in [0.15, 0.2) is 0 Å². The number of aliphatic carboxylic acids is 1. The molecule has 0 spiro atoms. The maximum Gasteiger partial charge on any atom is 0.311 e. The Kier molecular flexibility index (Phi) is 5.03. The molecular formula is C16H16BrNO4. The van der Waals surface area contributed by atoms with E-state index < -0.39 is 5.97 Å². The first-order valence-corrected chi connectivity index (χ1v) is 7.46. The number of amides is 1. The van der Waals surface area contributed by atoms with E-state index in [-0.39, 0.29) is 18.1 Å². The SMILES string of the molecule is Cc1coc(CC(=O)O)c1C(=O)N(C)Cc1ccc(Br)cc1. The van der Waals surface area contributed by atoms with Crippen LogP contribution in [0.15, 0.2) is 39.4 Å². The van der Waals surface area contributed by atoms with Gasteiger partial charge >= 0.3 is 5.97 Å². The number of furan rings is 1. The van der Waals surface area contributed by atoms with Gasteiger partial charge in [-0.05, 0) is 24.6 Å². The Morgan fingerprint density at radius 1 is 1.27 bits per heavy atom. The highest BCUT2D eigenvalue weighted by molar-refractivity contribution is 9.10. The van der Waals surface area contributed by atoms with Gasteiger partial charge in [0.05, 0.1) is 11.8 Å². The molecule has 6 heteroatoms. The number of hydrogen-bond acceptors (Lipinski definition) is 3. The molecule has 0 aliphatic carbocycles. The van der Waals surface area contributed by atoms with Crippen LogP contribution < -0.4 is 0 Å². The second-order valence-corrected chi connectivity index (χ2v) is 5.99. The molecule has 0 unspecified atom stereocenters. The number of hydrogen-bond donors (Lipinski definition) is 1. The molecule has 116 valence electrons. The average Bonchev–Trinajstić information content (AvgIpc) is 2.80. The zero-order valence-electron chi connectivity index (χ0n) is 12.3. The highest BCUT2D eigenvalue weighted by atomic mass is 79.9. The third-order valence-electron chi connectivity index (χ3n) is 3.26. The van der Waals surface area contributed by atoms with Crippen LogP contribution in [-0.2, 0) is 17.8 Å². The minimum absolute atomic E-state index is 0.192. The number of carboxylic acid groups (broad SMARTS) is 1. The predicted molar refractivity (Wildman–Crippen MR) is 84.7 cm³/mol. The van der Waals surface area contributed by atoms with Gasteiger partial charge in [0.25, 0.3) is 5.91 Å². The van der Waals surface area contributed by atoms with Crippen LogP contribution in [0.5, 0.6) is 0 Å². The molecule has 0 aliphatic rings. The summed E-state index contributed by atoms with van der Waals surface area (Å²) in [5.41, 5.74) is 1.96. The van der Waals surface area contributed by atoms with Crippen molar-refractivity contribution in [1.29, 1.82) is 0 Å². The number of aryl methyl sites for hydroxylation is 1. The lowest BCUT2D eigenvalue weighted by atomic mass is 10.1. The van der Waals surface area contributed by atoms with Crippen LogP contribution in [0.25, 0.3) is 0 Å². The van der Waals surface area contributed by atoms with E-state index in [0.29, 0.717) is 17.7 Å². The van der Waals surface area contributed by atoms with Crippen LogP contribution in [-0.4, -0.2) is 28.9 Å². The van der Waals surface area contributed by atoms with E-state index in [2.05, 4.69) is 15.9 Å². The van der Waals surface area contributed by atoms with Crippen molar-refractivity contribution in [2.75, 3.05) is 7.05 Å². The smallest absolute Gasteiger partial charge is 0.311 e. The van der Waals surface area contributed by atoms with Crippen molar-refractivity contribution in [1.82, 2.24) is 4.90 Å². The molecule has 2 aromatic rings. The molecule has 1 aromatic carbocycles. The lowest BCUT2D eigenvalue weighted by Crippen LogP contribution is -2.27. The van der Waals surface area contributed by atoms with Crippen LogP contribution in [0.1, 0.15) is 27.2 Å². The van der Waals surface area contributed by atoms with Crippen molar-refractivity contribution in [3.63, 3.8) is 0 Å². The monoisotopic (exact) mass is 365 g/mol. The van der Waals surface area contributed by atoms with Crippen molar-refractivity contribution >= 4 is 27.8 Å². The molecule has 1 amide bonds. The highest BCUT2D eigenvalue weighted by Gasteiger charge is 2.23. The summed E-state index contributed by atoms with van der Waals surface area (Å²) in [7, 11) is 1.68. The first-order chi connectivity index (χ1) is 10.4. The number of rotatable bonds is 5. The number of carboxylic acids is 1. The molecule has 0 atom stereocenters. The largest absolute Gasteiger partial charge is 0.481 e. The second-order valence-electron chi connectivity index (χ2n) is 5.08. The van der Waals surface area contributed by atoms with Gasteiger partial charge in [0.1, 0.15) is 12.2 Å². The molecule has 2 rings (SSSR count). The minimum Gasteiger partial charge on any atom is -0.481 e. The molecule has 1 aromatic heterocycles. The van der Waals surface area contributed by atoms with Gasteiger partial charge in [0, 0.05) is 23.6 Å². The molecule has 0 aliphatic heterocycles. The van der Waals surface area contributed by atoms with Crippen molar-refractivity contribution in [2.24, 2.45) is 0 Å². The summed E-state index contributed by atoms with van der Waals surface area (Å²) in [5, 5.41) is 8.89. The first kappa shape index (κ1) is 16.3. The number of carbonyl (C=O) groups excluding carboxylic acids is 1. The van der Waals surface area contributed by atoms with Crippen LogP contribution in [0.4, 0.5) is 0 Å². The third kappa shape index (κ3) is 3.76. The summed E-state index contributed by atoms with van der Waals surface area (Å²) in [6.07, 6.45) is 1.11. The van der Waals surface area contributed by atoms with E-state index in [1.807, 2.05) is 24.3 Å². The van der Waals surface area contributed by atoms with Crippen molar-refractivity contribution in [2.45, 2.75) is 19.9 Å². The summed E-state index contributed by atoms with van der Waals surface area (Å²) < 4.78 is 6.18. The highest BCUT2D eigenvalue weighted by Crippen LogP contribution is 2.20. The standard InChI is InChI=1S/C16H16BrNO4/c1-10-9-22-13(7-14(19)20)15(10)16(21)18(2)8-11-3-5-12(17)6-4-11/h3-6,9H,7-8H2,1-2H3,(H,19,20). The molecule has 0 saturated carbocycles. The maximum atomic E-state index is 12.6. The molecular weight excluding hydrogens is 350 g/mol. The number of nitrogens with zero attached hydrogens (tertiary/aromatic N) is 1. The van der Waals surface area contributed by atoms with Gasteiger partial charge in [-0.25, -0.2) is 0 Å². The number of benzene rings is 1. The Morgan fingerprint density at radius 3 is 2.50 bits per heavy atom. The van der Waals surface area contributed by atoms with E-state index >= 15 is 0 Å². The number of carbonyl (C=O) groups is 2. The lowest BCUT2D eigenvalue weighted by molar-refractivity contribution is -0.136. The zero-order chi connectivity index (χ0) is 16.3.